The van der Waals surface area contributed by atoms with Crippen LogP contribution >= 0.6 is 11.5 Å². The first-order valence-corrected chi connectivity index (χ1v) is 5.92. The van der Waals surface area contributed by atoms with Gasteiger partial charge in [-0.25, -0.2) is 0 Å². The van der Waals surface area contributed by atoms with Crippen molar-refractivity contribution in [1.29, 1.82) is 5.41 Å². The lowest BCUT2D eigenvalue weighted by molar-refractivity contribution is 0.214. The van der Waals surface area contributed by atoms with Crippen molar-refractivity contribution in [3.8, 4) is 10.9 Å². The van der Waals surface area contributed by atoms with E-state index in [2.05, 4.69) is 19.4 Å². The van der Waals surface area contributed by atoms with E-state index in [0.29, 0.717) is 11.3 Å². The van der Waals surface area contributed by atoms with E-state index in [-0.39, 0.29) is 23.0 Å². The lowest BCUT2D eigenvalue weighted by Gasteiger charge is -2.09. The molecule has 7 nitrogen and oxygen atoms in total. The second kappa shape index (κ2) is 5.91. The molecular weight excluding hydrogens is 266 g/mol. The van der Waals surface area contributed by atoms with Gasteiger partial charge in [0.2, 0.25) is 0 Å². The molecule has 0 saturated carbocycles. The molecule has 0 bridgehead atoms. The Morgan fingerprint density at radius 1 is 1.53 bits per heavy atom. The number of aromatic nitrogens is 2. The van der Waals surface area contributed by atoms with Crippen LogP contribution in [0.4, 0.5) is 0 Å². The van der Waals surface area contributed by atoms with Gasteiger partial charge >= 0.3 is 0 Å². The monoisotopic (exact) mass is 278 g/mol. The highest BCUT2D eigenvalue weighted by Crippen LogP contribution is 2.26. The molecule has 0 amide bonds. The first-order valence-electron chi connectivity index (χ1n) is 5.65. The fourth-order valence-electron chi connectivity index (χ4n) is 1.36. The number of hydrogen-bond donors (Lipinski definition) is 2. The van der Waals surface area contributed by atoms with Crippen LogP contribution in [-0.4, -0.2) is 28.0 Å². The van der Waals surface area contributed by atoms with Crippen molar-refractivity contribution in [2.75, 3.05) is 7.11 Å². The van der Waals surface area contributed by atoms with E-state index < -0.39 is 0 Å². The van der Waals surface area contributed by atoms with E-state index >= 15 is 0 Å². The van der Waals surface area contributed by atoms with Crippen molar-refractivity contribution < 1.29 is 10.9 Å². The van der Waals surface area contributed by atoms with Gasteiger partial charge in [-0.2, -0.15) is 9.36 Å². The van der Waals surface area contributed by atoms with Gasteiger partial charge in [-0.3, -0.25) is 5.41 Å². The second-order valence-electron chi connectivity index (χ2n) is 3.29. The Balaban J connectivity index is 2.39. The predicted molar refractivity (Wildman–Crippen MR) is 71.9 cm³/mol. The van der Waals surface area contributed by atoms with Crippen LogP contribution < -0.4 is 10.5 Å². The van der Waals surface area contributed by atoms with Crippen molar-refractivity contribution in [3.63, 3.8) is 0 Å². The molecule has 3 N–H and O–H groups in total. The quantitative estimate of drug-likeness (QED) is 0.491. The summed E-state index contributed by atoms with van der Waals surface area (Å²) in [4.78, 5) is 8.48. The first-order chi connectivity index (χ1) is 9.61. The summed E-state index contributed by atoms with van der Waals surface area (Å²) in [5.74, 6) is 0.149. The predicted octanol–water partition coefficient (Wildman–Crippen LogP) is 1.62. The molecule has 8 heteroatoms. The minimum absolute atomic E-state index is 0.111. The van der Waals surface area contributed by atoms with Gasteiger partial charge in [0, 0.05) is 11.5 Å². The first kappa shape index (κ1) is 11.6. The molecule has 0 unspecified atom stereocenters. The maximum absolute atomic E-state index is 7.53. The fourth-order valence-corrected chi connectivity index (χ4v) is 1.73. The number of amidine groups is 1. The Labute approximate surface area is 114 Å². The third-order valence-electron chi connectivity index (χ3n) is 2.08. The number of benzene rings is 1. The van der Waals surface area contributed by atoms with Crippen molar-refractivity contribution in [1.82, 2.24) is 9.36 Å². The molecular formula is C11H11N5O2S. The molecule has 2 rings (SSSR count). The number of ether oxygens (including phenoxy) is 1. The molecule has 98 valence electrons. The zero-order valence-corrected chi connectivity index (χ0v) is 10.8. The van der Waals surface area contributed by atoms with Crippen LogP contribution in [-0.2, 0) is 4.84 Å². The largest absolute Gasteiger partial charge is 0.429 e. The molecule has 2 aromatic rings. The molecule has 0 radical (unpaired) electrons. The number of rotatable bonds is 5. The van der Waals surface area contributed by atoms with Gasteiger partial charge in [0.1, 0.15) is 26.4 Å². The van der Waals surface area contributed by atoms with E-state index in [0.717, 1.165) is 11.5 Å². The summed E-state index contributed by atoms with van der Waals surface area (Å²) in [5.41, 5.74) is 6.12. The fraction of sp³-hybridized carbons (Fsp3) is 0.0909. The van der Waals surface area contributed by atoms with E-state index in [1.165, 1.54) is 7.11 Å². The summed E-state index contributed by atoms with van der Waals surface area (Å²) in [6.45, 7) is 0. The average molecular weight is 278 g/mol. The maximum atomic E-state index is 7.53. The summed E-state index contributed by atoms with van der Waals surface area (Å²) in [7, 11) is 1.36. The number of nitrogens with one attached hydrogen (secondary N) is 1. The number of para-hydroxylation sites is 1. The molecule has 1 aromatic heterocycles. The molecule has 19 heavy (non-hydrogen) atoms. The Morgan fingerprint density at radius 3 is 2.95 bits per heavy atom. The summed E-state index contributed by atoms with van der Waals surface area (Å²) in [6, 6.07) is 6.88. The maximum Gasteiger partial charge on any atom is 0.298 e. The van der Waals surface area contributed by atoms with Crippen LogP contribution in [0.15, 0.2) is 35.7 Å². The topological polar surface area (TPSA) is 106 Å². The summed E-state index contributed by atoms with van der Waals surface area (Å²) in [6.07, 6.45) is -0.111. The molecule has 0 fully saturated rings. The van der Waals surface area contributed by atoms with Crippen molar-refractivity contribution in [2.24, 2.45) is 10.9 Å². The standard InChI is InChI=1S/C11H11N5O2S/c1-17-16-9(10(12)13)7-4-2-3-5-8(7)18-11-14-6-15-19-11/h2-6H,1H3,(H3,12,13)/b16-9+/i6D. The van der Waals surface area contributed by atoms with Crippen LogP contribution in [0.5, 0.6) is 10.9 Å². The Hall–Kier alpha value is -2.48. The SMILES string of the molecule is [2H]c1nsc(Oc2ccccc2/C(=N\OC)C(=N)N)n1. The minimum Gasteiger partial charge on any atom is -0.429 e. The molecule has 1 aromatic carbocycles. The molecule has 0 aliphatic heterocycles. The highest BCUT2D eigenvalue weighted by Gasteiger charge is 2.15. The molecule has 0 atom stereocenters. The second-order valence-corrected chi connectivity index (χ2v) is 4.01. The van der Waals surface area contributed by atoms with Crippen molar-refractivity contribution in [2.45, 2.75) is 0 Å². The molecule has 1 heterocycles. The number of nitrogens with zero attached hydrogens (tertiary/aromatic N) is 3. The van der Waals surface area contributed by atoms with Crippen LogP contribution in [0.3, 0.4) is 0 Å². The summed E-state index contributed by atoms with van der Waals surface area (Å²) in [5, 5.41) is 11.5. The van der Waals surface area contributed by atoms with Crippen LogP contribution in [0.1, 0.15) is 6.93 Å². The van der Waals surface area contributed by atoms with Gasteiger partial charge < -0.3 is 15.3 Å². The Bertz CT molecular complexity index is 658. The van der Waals surface area contributed by atoms with E-state index in [4.69, 9.17) is 17.3 Å². The number of oxime groups is 1. The van der Waals surface area contributed by atoms with Crippen molar-refractivity contribution >= 4 is 23.1 Å². The molecule has 0 spiro atoms. The van der Waals surface area contributed by atoms with Gasteiger partial charge in [0.25, 0.3) is 5.19 Å². The highest BCUT2D eigenvalue weighted by atomic mass is 32.1. The van der Waals surface area contributed by atoms with E-state index in [1.807, 2.05) is 0 Å². The van der Waals surface area contributed by atoms with E-state index in [1.54, 1.807) is 24.3 Å². The Morgan fingerprint density at radius 2 is 2.32 bits per heavy atom. The van der Waals surface area contributed by atoms with Gasteiger partial charge in [0.15, 0.2) is 5.71 Å². The lowest BCUT2D eigenvalue weighted by atomic mass is 10.1. The average Bonchev–Trinajstić information content (AvgIpc) is 2.82. The zero-order chi connectivity index (χ0) is 14.5. The number of nitrogens with two attached hydrogens (primary N) is 1. The van der Waals surface area contributed by atoms with Gasteiger partial charge in [-0.15, -0.1) is 0 Å². The van der Waals surface area contributed by atoms with Crippen molar-refractivity contribution in [3.05, 3.63) is 36.1 Å². The van der Waals surface area contributed by atoms with Crippen LogP contribution in [0.25, 0.3) is 0 Å². The van der Waals surface area contributed by atoms with Gasteiger partial charge in [-0.05, 0) is 12.1 Å². The van der Waals surface area contributed by atoms with Gasteiger partial charge in [0.05, 0.1) is 5.56 Å². The smallest absolute Gasteiger partial charge is 0.298 e. The van der Waals surface area contributed by atoms with E-state index in [9.17, 15) is 0 Å². The van der Waals surface area contributed by atoms with Crippen LogP contribution in [0, 0.1) is 5.41 Å². The van der Waals surface area contributed by atoms with Gasteiger partial charge in [-0.1, -0.05) is 17.3 Å². The molecule has 0 aliphatic rings. The zero-order valence-electron chi connectivity index (χ0n) is 11.0. The molecule has 0 saturated heterocycles. The summed E-state index contributed by atoms with van der Waals surface area (Å²) >= 11 is 0.960. The third-order valence-corrected chi connectivity index (χ3v) is 2.59. The highest BCUT2D eigenvalue weighted by molar-refractivity contribution is 7.07. The van der Waals surface area contributed by atoms with Crippen LogP contribution in [0.2, 0.25) is 0 Å². The Kier molecular flexibility index (Phi) is 3.61. The lowest BCUT2D eigenvalue weighted by Crippen LogP contribution is -2.24. The third kappa shape index (κ3) is 3.05. The minimum atomic E-state index is -0.249. The number of hydrogen-bond acceptors (Lipinski definition) is 7. The normalized spacial score (nSPS) is 11.8. The summed E-state index contributed by atoms with van der Waals surface area (Å²) < 4.78 is 16.5. The molecule has 0 aliphatic carbocycles.